The third-order valence-electron chi connectivity index (χ3n) is 5.31. The van der Waals surface area contributed by atoms with Crippen LogP contribution in [0.3, 0.4) is 0 Å². The van der Waals surface area contributed by atoms with Crippen LogP contribution in [0, 0.1) is 5.82 Å². The molecule has 0 unspecified atom stereocenters. The summed E-state index contributed by atoms with van der Waals surface area (Å²) >= 11 is 0. The minimum absolute atomic E-state index is 0.224. The standard InChI is InChI=1S/C23H15FN8/c24-18-8-13(14-6-15(25)11-27-10-14)7-17-19(18)31-32-21(17)23-29-20-16(3-5-28-22(20)30-23)12-2-1-4-26-9-12/h1-11H,25H2,(H,31,32)(H,28,29,30). The van der Waals surface area contributed by atoms with Crippen molar-refractivity contribution in [2.45, 2.75) is 0 Å². The van der Waals surface area contributed by atoms with Gasteiger partial charge in [-0.1, -0.05) is 6.07 Å². The summed E-state index contributed by atoms with van der Waals surface area (Å²) in [6, 6.07) is 10.8. The number of anilines is 1. The van der Waals surface area contributed by atoms with Crippen LogP contribution in [0.2, 0.25) is 0 Å². The number of nitrogen functional groups attached to an aromatic ring is 1. The highest BCUT2D eigenvalue weighted by Crippen LogP contribution is 2.33. The summed E-state index contributed by atoms with van der Waals surface area (Å²) in [7, 11) is 0. The Kier molecular flexibility index (Phi) is 3.94. The maximum absolute atomic E-state index is 14.9. The molecule has 0 aliphatic heterocycles. The van der Waals surface area contributed by atoms with E-state index in [1.807, 2.05) is 24.3 Å². The van der Waals surface area contributed by atoms with E-state index in [9.17, 15) is 4.39 Å². The fourth-order valence-corrected chi connectivity index (χ4v) is 3.83. The van der Waals surface area contributed by atoms with Gasteiger partial charge >= 0.3 is 0 Å². The Morgan fingerprint density at radius 1 is 0.906 bits per heavy atom. The van der Waals surface area contributed by atoms with Crippen molar-refractivity contribution in [1.29, 1.82) is 0 Å². The number of nitrogens with zero attached hydrogens (tertiary/aromatic N) is 5. The van der Waals surface area contributed by atoms with Crippen LogP contribution < -0.4 is 5.73 Å². The predicted octanol–water partition coefficient (Wildman–Crippen LogP) is 4.35. The van der Waals surface area contributed by atoms with Gasteiger partial charge in [0, 0.05) is 53.1 Å². The normalized spacial score (nSPS) is 11.4. The molecule has 9 heteroatoms. The number of imidazole rings is 1. The van der Waals surface area contributed by atoms with Crippen molar-refractivity contribution in [3.05, 3.63) is 73.2 Å². The second-order valence-corrected chi connectivity index (χ2v) is 7.34. The van der Waals surface area contributed by atoms with Crippen molar-refractivity contribution >= 4 is 27.8 Å². The van der Waals surface area contributed by atoms with Crippen molar-refractivity contribution in [2.75, 3.05) is 5.73 Å². The lowest BCUT2D eigenvalue weighted by atomic mass is 10.0. The van der Waals surface area contributed by atoms with E-state index in [2.05, 4.69) is 35.1 Å². The molecular weight excluding hydrogens is 407 g/mol. The van der Waals surface area contributed by atoms with E-state index in [0.717, 1.165) is 16.6 Å². The number of hydrogen-bond acceptors (Lipinski definition) is 6. The molecule has 8 nitrogen and oxygen atoms in total. The average molecular weight is 422 g/mol. The number of pyridine rings is 3. The molecule has 5 heterocycles. The van der Waals surface area contributed by atoms with E-state index in [1.165, 1.54) is 6.07 Å². The molecule has 0 fully saturated rings. The first-order valence-electron chi connectivity index (χ1n) is 9.81. The number of benzene rings is 1. The lowest BCUT2D eigenvalue weighted by Crippen LogP contribution is -1.89. The molecule has 4 N–H and O–H groups in total. The van der Waals surface area contributed by atoms with Gasteiger partial charge in [-0.15, -0.1) is 0 Å². The van der Waals surface area contributed by atoms with E-state index in [4.69, 9.17) is 5.73 Å². The number of fused-ring (bicyclic) bond motifs is 2. The Hall–Kier alpha value is -4.66. The van der Waals surface area contributed by atoms with E-state index >= 15 is 0 Å². The summed E-state index contributed by atoms with van der Waals surface area (Å²) in [5.41, 5.74) is 11.7. The molecule has 0 saturated carbocycles. The van der Waals surface area contributed by atoms with Crippen molar-refractivity contribution in [2.24, 2.45) is 0 Å². The maximum Gasteiger partial charge on any atom is 0.178 e. The second kappa shape index (κ2) is 6.95. The molecule has 32 heavy (non-hydrogen) atoms. The first kappa shape index (κ1) is 18.1. The highest BCUT2D eigenvalue weighted by molar-refractivity contribution is 5.97. The van der Waals surface area contributed by atoms with Crippen LogP contribution in [-0.4, -0.2) is 35.1 Å². The molecule has 6 rings (SSSR count). The van der Waals surface area contributed by atoms with Crippen LogP contribution in [0.15, 0.2) is 67.4 Å². The van der Waals surface area contributed by atoms with Crippen LogP contribution in [0.1, 0.15) is 0 Å². The van der Waals surface area contributed by atoms with Gasteiger partial charge in [0.25, 0.3) is 0 Å². The molecule has 0 radical (unpaired) electrons. The SMILES string of the molecule is Nc1cncc(-c2cc(F)c3n[nH]c(-c4nc5nccc(-c6cccnc6)c5[nH]4)c3c2)c1. The van der Waals surface area contributed by atoms with E-state index < -0.39 is 5.82 Å². The Bertz CT molecular complexity index is 1600. The van der Waals surface area contributed by atoms with Crippen molar-refractivity contribution in [1.82, 2.24) is 35.1 Å². The summed E-state index contributed by atoms with van der Waals surface area (Å²) in [4.78, 5) is 20.6. The van der Waals surface area contributed by atoms with Crippen LogP contribution >= 0.6 is 0 Å². The zero-order valence-electron chi connectivity index (χ0n) is 16.5. The number of aromatic amines is 2. The number of halogens is 1. The lowest BCUT2D eigenvalue weighted by molar-refractivity contribution is 0.636. The van der Waals surface area contributed by atoms with E-state index in [-0.39, 0.29) is 5.52 Å². The first-order valence-corrected chi connectivity index (χ1v) is 9.81. The topological polar surface area (TPSA) is 122 Å². The first-order chi connectivity index (χ1) is 15.7. The van der Waals surface area contributed by atoms with Gasteiger partial charge in [-0.05, 0) is 35.9 Å². The van der Waals surface area contributed by atoms with Gasteiger partial charge in [-0.25, -0.2) is 14.4 Å². The Balaban J connectivity index is 1.54. The summed E-state index contributed by atoms with van der Waals surface area (Å²) in [6.07, 6.45) is 8.39. The number of nitrogens with two attached hydrogens (primary N) is 1. The summed E-state index contributed by atoms with van der Waals surface area (Å²) in [5, 5.41) is 7.67. The molecule has 0 amide bonds. The number of H-pyrrole nitrogens is 2. The molecule has 0 atom stereocenters. The van der Waals surface area contributed by atoms with Crippen LogP contribution in [0.5, 0.6) is 0 Å². The van der Waals surface area contributed by atoms with Crippen molar-refractivity contribution < 1.29 is 4.39 Å². The van der Waals surface area contributed by atoms with Gasteiger partial charge < -0.3 is 10.7 Å². The van der Waals surface area contributed by atoms with Gasteiger partial charge in [0.05, 0.1) is 11.2 Å². The minimum Gasteiger partial charge on any atom is -0.397 e. The number of rotatable bonds is 3. The summed E-state index contributed by atoms with van der Waals surface area (Å²) in [5.74, 6) is 0.0568. The number of nitrogens with one attached hydrogen (secondary N) is 2. The predicted molar refractivity (Wildman–Crippen MR) is 120 cm³/mol. The lowest BCUT2D eigenvalue weighted by Gasteiger charge is -2.04. The molecule has 6 aromatic rings. The van der Waals surface area contributed by atoms with E-state index in [0.29, 0.717) is 39.4 Å². The molecule has 0 aliphatic carbocycles. The van der Waals surface area contributed by atoms with Crippen LogP contribution in [0.25, 0.3) is 55.8 Å². The fraction of sp³-hybridized carbons (Fsp3) is 0. The zero-order valence-corrected chi connectivity index (χ0v) is 16.5. The van der Waals surface area contributed by atoms with Gasteiger partial charge in [0.1, 0.15) is 11.2 Å². The van der Waals surface area contributed by atoms with Crippen molar-refractivity contribution in [3.63, 3.8) is 0 Å². The summed E-state index contributed by atoms with van der Waals surface area (Å²) in [6.45, 7) is 0. The Labute approximate surface area is 180 Å². The minimum atomic E-state index is -0.451. The third kappa shape index (κ3) is 2.87. The number of aromatic nitrogens is 7. The zero-order chi connectivity index (χ0) is 21.7. The molecule has 0 spiro atoms. The number of hydrogen-bond donors (Lipinski definition) is 3. The molecule has 154 valence electrons. The van der Waals surface area contributed by atoms with Gasteiger partial charge in [-0.2, -0.15) is 5.10 Å². The van der Waals surface area contributed by atoms with Crippen LogP contribution in [0.4, 0.5) is 10.1 Å². The largest absolute Gasteiger partial charge is 0.397 e. The molecular formula is C23H15FN8. The Morgan fingerprint density at radius 3 is 2.66 bits per heavy atom. The fourth-order valence-electron chi connectivity index (χ4n) is 3.83. The molecule has 0 bridgehead atoms. The second-order valence-electron chi connectivity index (χ2n) is 7.34. The van der Waals surface area contributed by atoms with Crippen LogP contribution in [-0.2, 0) is 0 Å². The molecule has 5 aromatic heterocycles. The highest BCUT2D eigenvalue weighted by Gasteiger charge is 2.18. The van der Waals surface area contributed by atoms with E-state index in [1.54, 1.807) is 37.1 Å². The quantitative estimate of drug-likeness (QED) is 0.390. The molecule has 0 aliphatic rings. The maximum atomic E-state index is 14.9. The van der Waals surface area contributed by atoms with Gasteiger partial charge in [0.15, 0.2) is 17.3 Å². The molecule has 1 aromatic carbocycles. The van der Waals surface area contributed by atoms with Gasteiger partial charge in [-0.3, -0.25) is 15.1 Å². The van der Waals surface area contributed by atoms with Gasteiger partial charge in [0.2, 0.25) is 0 Å². The molecule has 0 saturated heterocycles. The highest BCUT2D eigenvalue weighted by atomic mass is 19.1. The smallest absolute Gasteiger partial charge is 0.178 e. The summed E-state index contributed by atoms with van der Waals surface area (Å²) < 4.78 is 14.9. The van der Waals surface area contributed by atoms with Crippen molar-refractivity contribution in [3.8, 4) is 33.8 Å². The average Bonchev–Trinajstić information content (AvgIpc) is 3.44. The monoisotopic (exact) mass is 422 g/mol. The third-order valence-corrected chi connectivity index (χ3v) is 5.31. The Morgan fingerprint density at radius 2 is 1.81 bits per heavy atom.